The van der Waals surface area contributed by atoms with Gasteiger partial charge in [-0.15, -0.1) is 0 Å². The van der Waals surface area contributed by atoms with E-state index in [1.165, 1.54) is 0 Å². The van der Waals surface area contributed by atoms with Crippen LogP contribution in [0.3, 0.4) is 0 Å². The minimum absolute atomic E-state index is 0.106. The first-order chi connectivity index (χ1) is 8.03. The third-order valence-corrected chi connectivity index (χ3v) is 4.92. The maximum atomic E-state index is 11.9. The van der Waals surface area contributed by atoms with E-state index < -0.39 is 7.37 Å². The van der Waals surface area contributed by atoms with Crippen LogP contribution < -0.4 is 10.2 Å². The Bertz CT molecular complexity index is 475. The lowest BCUT2D eigenvalue weighted by Gasteiger charge is -2.29. The minimum Gasteiger partial charge on any atom is -0.796 e. The number of ether oxygens (including phenoxy) is 1. The molecule has 1 heterocycles. The van der Waals surface area contributed by atoms with E-state index in [1.807, 2.05) is 0 Å². The van der Waals surface area contributed by atoms with E-state index in [1.54, 1.807) is 31.2 Å². The summed E-state index contributed by atoms with van der Waals surface area (Å²) in [5.41, 5.74) is 0.741. The predicted molar refractivity (Wildman–Crippen MR) is 62.4 cm³/mol. The van der Waals surface area contributed by atoms with Crippen LogP contribution in [0.25, 0.3) is 0 Å². The van der Waals surface area contributed by atoms with Gasteiger partial charge in [-0.3, -0.25) is 4.79 Å². The molecule has 2 rings (SSSR count). The first-order valence-electron chi connectivity index (χ1n) is 5.61. The molecule has 0 saturated carbocycles. The van der Waals surface area contributed by atoms with Gasteiger partial charge in [0.1, 0.15) is 6.10 Å². The Kier molecular flexibility index (Phi) is 3.36. The molecule has 1 fully saturated rings. The molecular weight excluding hydrogens is 239 g/mol. The second-order valence-electron chi connectivity index (χ2n) is 4.14. The summed E-state index contributed by atoms with van der Waals surface area (Å²) in [6.07, 6.45) is 0.798. The van der Waals surface area contributed by atoms with Crippen molar-refractivity contribution in [3.05, 3.63) is 29.8 Å². The summed E-state index contributed by atoms with van der Waals surface area (Å²) < 4.78 is 16.8. The van der Waals surface area contributed by atoms with Crippen molar-refractivity contribution in [2.75, 3.05) is 6.16 Å². The first-order valence-corrected chi connectivity index (χ1v) is 7.42. The van der Waals surface area contributed by atoms with Crippen molar-refractivity contribution in [3.63, 3.8) is 0 Å². The van der Waals surface area contributed by atoms with Crippen molar-refractivity contribution in [1.29, 1.82) is 0 Å². The van der Waals surface area contributed by atoms with E-state index in [0.29, 0.717) is 18.1 Å². The molecule has 0 aromatic heterocycles. The van der Waals surface area contributed by atoms with Crippen molar-refractivity contribution in [3.8, 4) is 0 Å². The molecule has 0 amide bonds. The summed E-state index contributed by atoms with van der Waals surface area (Å²) >= 11 is 0. The molecule has 2 atom stereocenters. The Balaban J connectivity index is 2.22. The Morgan fingerprint density at radius 2 is 2.12 bits per heavy atom. The lowest BCUT2D eigenvalue weighted by atomic mass is 10.0. The summed E-state index contributed by atoms with van der Waals surface area (Å²) in [6.45, 7) is 1.63. The third kappa shape index (κ3) is 2.59. The van der Waals surface area contributed by atoms with Crippen molar-refractivity contribution in [2.24, 2.45) is 0 Å². The van der Waals surface area contributed by atoms with E-state index >= 15 is 0 Å². The number of hydrogen-bond donors (Lipinski definition) is 0. The van der Waals surface area contributed by atoms with Crippen molar-refractivity contribution < 1.29 is 19.0 Å². The zero-order chi connectivity index (χ0) is 12.5. The van der Waals surface area contributed by atoms with Crippen LogP contribution in [-0.2, 0) is 20.5 Å². The van der Waals surface area contributed by atoms with Gasteiger partial charge in [0.25, 0.3) is 0 Å². The van der Waals surface area contributed by atoms with Crippen molar-refractivity contribution in [1.82, 2.24) is 0 Å². The molecule has 0 spiro atoms. The summed E-state index contributed by atoms with van der Waals surface area (Å²) in [7, 11) is -3.51. The number of rotatable bonds is 4. The van der Waals surface area contributed by atoms with Crippen molar-refractivity contribution in [2.45, 2.75) is 25.9 Å². The van der Waals surface area contributed by atoms with Gasteiger partial charge in [0.2, 0.25) is 0 Å². The number of carbonyl (C=O) groups is 1. The van der Waals surface area contributed by atoms with Gasteiger partial charge in [-0.1, -0.05) is 31.2 Å². The lowest BCUT2D eigenvalue weighted by Crippen LogP contribution is -2.36. The molecular formula is C12H14O4P-. The van der Waals surface area contributed by atoms with Crippen LogP contribution in [-0.4, -0.2) is 18.2 Å². The average molecular weight is 253 g/mol. The maximum Gasteiger partial charge on any atom is 0.309 e. The van der Waals surface area contributed by atoms with E-state index in [9.17, 15) is 14.3 Å². The molecule has 92 valence electrons. The summed E-state index contributed by atoms with van der Waals surface area (Å²) in [6, 6.07) is 6.91. The van der Waals surface area contributed by atoms with Crippen LogP contribution in [0.5, 0.6) is 0 Å². The quantitative estimate of drug-likeness (QED) is 0.588. The van der Waals surface area contributed by atoms with Gasteiger partial charge >= 0.3 is 5.97 Å². The summed E-state index contributed by atoms with van der Waals surface area (Å²) in [4.78, 5) is 22.6. The number of hydrogen-bond acceptors (Lipinski definition) is 4. The highest BCUT2D eigenvalue weighted by molar-refractivity contribution is 7.64. The van der Waals surface area contributed by atoms with Gasteiger partial charge in [0.05, 0.1) is 6.42 Å². The number of benzene rings is 1. The highest BCUT2D eigenvalue weighted by Gasteiger charge is 2.29. The second kappa shape index (κ2) is 4.63. The summed E-state index contributed by atoms with van der Waals surface area (Å²) in [5, 5.41) is 0.380. The SMILES string of the molecule is CCP(=O)([O-])c1ccccc1CC1CC(=O)O1. The first kappa shape index (κ1) is 12.3. The molecule has 1 aromatic carbocycles. The van der Waals surface area contributed by atoms with Crippen LogP contribution in [0.2, 0.25) is 0 Å². The summed E-state index contributed by atoms with van der Waals surface area (Å²) in [5.74, 6) is -0.215. The lowest BCUT2D eigenvalue weighted by molar-refractivity contribution is -0.170. The van der Waals surface area contributed by atoms with Crippen LogP contribution in [0.15, 0.2) is 24.3 Å². The third-order valence-electron chi connectivity index (χ3n) is 2.92. The molecule has 0 radical (unpaired) electrons. The Labute approximate surface area is 100 Å². The molecule has 1 aliphatic heterocycles. The molecule has 17 heavy (non-hydrogen) atoms. The van der Waals surface area contributed by atoms with E-state index in [-0.39, 0.29) is 18.2 Å². The molecule has 0 bridgehead atoms. The van der Waals surface area contributed by atoms with Gasteiger partial charge in [0, 0.05) is 19.1 Å². The fourth-order valence-corrected chi connectivity index (χ4v) is 3.16. The standard InChI is InChI=1S/C12H15O4P/c1-2-17(14,15)11-6-4-3-5-9(11)7-10-8-12(13)16-10/h3-6,10H,2,7-8H2,1H3,(H,14,15)/p-1. The Hall–Kier alpha value is -1.12. The van der Waals surface area contributed by atoms with Gasteiger partial charge in [-0.05, 0) is 11.7 Å². The normalized spacial score (nSPS) is 22.5. The van der Waals surface area contributed by atoms with Crippen LogP contribution in [0.4, 0.5) is 0 Å². The molecule has 4 nitrogen and oxygen atoms in total. The van der Waals surface area contributed by atoms with Gasteiger partial charge in [-0.25, -0.2) is 0 Å². The molecule has 5 heteroatoms. The largest absolute Gasteiger partial charge is 0.796 e. The van der Waals surface area contributed by atoms with E-state index in [2.05, 4.69) is 0 Å². The van der Waals surface area contributed by atoms with Gasteiger partial charge in [-0.2, -0.15) is 0 Å². The Morgan fingerprint density at radius 3 is 2.71 bits per heavy atom. The topological polar surface area (TPSA) is 66.4 Å². The highest BCUT2D eigenvalue weighted by Crippen LogP contribution is 2.35. The monoisotopic (exact) mass is 253 g/mol. The van der Waals surface area contributed by atoms with Crippen LogP contribution in [0, 0.1) is 0 Å². The average Bonchev–Trinajstić information content (AvgIpc) is 2.27. The minimum atomic E-state index is -3.51. The maximum absolute atomic E-state index is 11.9. The fourth-order valence-electron chi connectivity index (χ4n) is 1.91. The van der Waals surface area contributed by atoms with Gasteiger partial charge < -0.3 is 14.2 Å². The smallest absolute Gasteiger partial charge is 0.309 e. The fraction of sp³-hybridized carbons (Fsp3) is 0.417. The van der Waals surface area contributed by atoms with Crippen LogP contribution in [0.1, 0.15) is 18.9 Å². The number of esters is 1. The zero-order valence-electron chi connectivity index (χ0n) is 9.59. The Morgan fingerprint density at radius 1 is 1.47 bits per heavy atom. The molecule has 1 aliphatic rings. The zero-order valence-corrected chi connectivity index (χ0v) is 10.5. The molecule has 1 aromatic rings. The van der Waals surface area contributed by atoms with E-state index in [4.69, 9.17) is 4.74 Å². The van der Waals surface area contributed by atoms with Crippen molar-refractivity contribution >= 4 is 18.6 Å². The highest BCUT2D eigenvalue weighted by atomic mass is 31.2. The second-order valence-corrected chi connectivity index (χ2v) is 6.60. The molecule has 1 saturated heterocycles. The van der Waals surface area contributed by atoms with Crippen LogP contribution >= 0.6 is 7.37 Å². The number of carbonyl (C=O) groups excluding carboxylic acids is 1. The molecule has 0 aliphatic carbocycles. The predicted octanol–water partition coefficient (Wildman–Crippen LogP) is 0.828. The van der Waals surface area contributed by atoms with E-state index in [0.717, 1.165) is 5.56 Å². The molecule has 0 N–H and O–H groups in total. The molecule has 2 unspecified atom stereocenters. The van der Waals surface area contributed by atoms with Gasteiger partial charge in [0.15, 0.2) is 0 Å². The number of cyclic esters (lactones) is 1.